The number of methoxy groups -OCH3 is 1. The van der Waals surface area contributed by atoms with Crippen molar-refractivity contribution in [3.63, 3.8) is 0 Å². The summed E-state index contributed by atoms with van der Waals surface area (Å²) >= 11 is 6.06. The fraction of sp³-hybridized carbons (Fsp3) is 0.286. The van der Waals surface area contributed by atoms with Crippen LogP contribution in [-0.4, -0.2) is 52.9 Å². The minimum absolute atomic E-state index is 0.0105. The van der Waals surface area contributed by atoms with Gasteiger partial charge in [0.1, 0.15) is 12.3 Å². The highest BCUT2D eigenvalue weighted by atomic mass is 35.5. The zero-order valence-corrected chi connectivity index (χ0v) is 13.7. The molecule has 0 bridgehead atoms. The molecule has 0 spiro atoms. The summed E-state index contributed by atoms with van der Waals surface area (Å²) in [7, 11) is 4.80. The summed E-state index contributed by atoms with van der Waals surface area (Å²) in [5, 5.41) is 10.5. The van der Waals surface area contributed by atoms with E-state index in [1.807, 2.05) is 0 Å². The number of carbonyl (C=O) groups is 2. The zero-order valence-electron chi connectivity index (χ0n) is 12.9. The van der Waals surface area contributed by atoms with Gasteiger partial charge in [0.25, 0.3) is 5.91 Å². The number of ether oxygens (including phenoxy) is 1. The Morgan fingerprint density at radius 2 is 2.13 bits per heavy atom. The molecule has 0 radical (unpaired) electrons. The molecule has 0 saturated heterocycles. The molecule has 1 heterocycles. The van der Waals surface area contributed by atoms with Crippen molar-refractivity contribution in [1.82, 2.24) is 19.9 Å². The lowest BCUT2D eigenvalue weighted by Crippen LogP contribution is -2.26. The predicted octanol–water partition coefficient (Wildman–Crippen LogP) is 1.28. The highest BCUT2D eigenvalue weighted by Gasteiger charge is 2.14. The molecule has 23 heavy (non-hydrogen) atoms. The molecule has 0 aliphatic rings. The van der Waals surface area contributed by atoms with Crippen LogP contribution in [0.2, 0.25) is 5.02 Å². The molecule has 0 aliphatic carbocycles. The maximum atomic E-state index is 12.1. The number of nitrogens with zero attached hydrogens (tertiary/aromatic N) is 4. The van der Waals surface area contributed by atoms with Crippen LogP contribution in [0, 0.1) is 0 Å². The second kappa shape index (κ2) is 7.10. The van der Waals surface area contributed by atoms with Gasteiger partial charge in [-0.25, -0.2) is 4.68 Å². The lowest BCUT2D eigenvalue weighted by atomic mass is 10.3. The van der Waals surface area contributed by atoms with Crippen LogP contribution >= 0.6 is 11.6 Å². The zero-order chi connectivity index (χ0) is 17.0. The molecule has 8 nitrogen and oxygen atoms in total. The molecule has 0 aliphatic heterocycles. The third-order valence-electron chi connectivity index (χ3n) is 2.99. The first-order valence-corrected chi connectivity index (χ1v) is 7.03. The normalized spacial score (nSPS) is 10.3. The Balaban J connectivity index is 2.07. The van der Waals surface area contributed by atoms with Crippen LogP contribution in [0.25, 0.3) is 0 Å². The van der Waals surface area contributed by atoms with Gasteiger partial charge in [0.05, 0.1) is 24.0 Å². The van der Waals surface area contributed by atoms with Gasteiger partial charge < -0.3 is 15.0 Å². The number of anilines is 1. The van der Waals surface area contributed by atoms with Crippen molar-refractivity contribution in [2.45, 2.75) is 6.54 Å². The Hall–Kier alpha value is -2.61. The van der Waals surface area contributed by atoms with E-state index in [1.165, 1.54) is 22.9 Å². The Morgan fingerprint density at radius 1 is 1.39 bits per heavy atom. The molecule has 0 unspecified atom stereocenters. The van der Waals surface area contributed by atoms with Gasteiger partial charge in [-0.3, -0.25) is 9.59 Å². The first-order chi connectivity index (χ1) is 10.9. The van der Waals surface area contributed by atoms with E-state index >= 15 is 0 Å². The summed E-state index contributed by atoms with van der Waals surface area (Å²) in [5.74, 6) is -0.0400. The largest absolute Gasteiger partial charge is 0.497 e. The highest BCUT2D eigenvalue weighted by molar-refractivity contribution is 6.34. The molecule has 0 fully saturated rings. The van der Waals surface area contributed by atoms with Crippen molar-refractivity contribution in [2.24, 2.45) is 0 Å². The van der Waals surface area contributed by atoms with Crippen molar-refractivity contribution in [3.8, 4) is 5.75 Å². The van der Waals surface area contributed by atoms with Crippen LogP contribution in [-0.2, 0) is 11.3 Å². The molecule has 2 aromatic rings. The molecule has 1 aromatic heterocycles. The molecule has 9 heteroatoms. The third-order valence-corrected chi connectivity index (χ3v) is 3.30. The van der Waals surface area contributed by atoms with Gasteiger partial charge in [0, 0.05) is 20.2 Å². The van der Waals surface area contributed by atoms with E-state index in [9.17, 15) is 9.59 Å². The van der Waals surface area contributed by atoms with E-state index in [0.717, 1.165) is 0 Å². The number of rotatable bonds is 5. The van der Waals surface area contributed by atoms with Crippen molar-refractivity contribution in [1.29, 1.82) is 0 Å². The van der Waals surface area contributed by atoms with Crippen LogP contribution in [0.5, 0.6) is 5.75 Å². The number of amides is 2. The Morgan fingerprint density at radius 3 is 2.74 bits per heavy atom. The van der Waals surface area contributed by atoms with E-state index in [4.69, 9.17) is 16.3 Å². The van der Waals surface area contributed by atoms with Gasteiger partial charge in [-0.15, -0.1) is 5.10 Å². The first-order valence-electron chi connectivity index (χ1n) is 6.66. The standard InChI is InChI=1S/C14H16ClN5O3/c1-19(2)13(21)8-20-7-12(17-18-20)14(22)16-11-5-4-9(23-3)6-10(11)15/h4-7H,8H2,1-3H3,(H,16,22). The van der Waals surface area contributed by atoms with E-state index < -0.39 is 5.91 Å². The summed E-state index contributed by atoms with van der Waals surface area (Å²) < 4.78 is 6.34. The summed E-state index contributed by atoms with van der Waals surface area (Å²) in [6.45, 7) is 0.0105. The maximum absolute atomic E-state index is 12.1. The van der Waals surface area contributed by atoms with Gasteiger partial charge in [0.15, 0.2) is 5.69 Å². The van der Waals surface area contributed by atoms with Gasteiger partial charge in [0.2, 0.25) is 5.91 Å². The van der Waals surface area contributed by atoms with Crippen molar-refractivity contribution >= 4 is 29.1 Å². The van der Waals surface area contributed by atoms with E-state index in [2.05, 4.69) is 15.6 Å². The molecule has 0 atom stereocenters. The van der Waals surface area contributed by atoms with E-state index in [-0.39, 0.29) is 18.1 Å². The summed E-state index contributed by atoms with van der Waals surface area (Å²) in [4.78, 5) is 25.2. The van der Waals surface area contributed by atoms with Crippen LogP contribution < -0.4 is 10.1 Å². The average Bonchev–Trinajstić information content (AvgIpc) is 2.97. The Kier molecular flexibility index (Phi) is 5.17. The highest BCUT2D eigenvalue weighted by Crippen LogP contribution is 2.26. The number of hydrogen-bond donors (Lipinski definition) is 1. The topological polar surface area (TPSA) is 89.4 Å². The van der Waals surface area contributed by atoms with Crippen LogP contribution in [0.4, 0.5) is 5.69 Å². The number of nitrogens with one attached hydrogen (secondary N) is 1. The lowest BCUT2D eigenvalue weighted by molar-refractivity contribution is -0.129. The molecule has 1 aromatic carbocycles. The van der Waals surface area contributed by atoms with Gasteiger partial charge in [-0.1, -0.05) is 16.8 Å². The van der Waals surface area contributed by atoms with Crippen molar-refractivity contribution in [2.75, 3.05) is 26.5 Å². The fourth-order valence-electron chi connectivity index (χ4n) is 1.67. The number of likely N-dealkylation sites (N-methyl/N-ethyl adjacent to an activating group) is 1. The lowest BCUT2D eigenvalue weighted by Gasteiger charge is -2.09. The minimum Gasteiger partial charge on any atom is -0.497 e. The monoisotopic (exact) mass is 337 g/mol. The third kappa shape index (κ3) is 4.19. The minimum atomic E-state index is -0.472. The molecule has 2 amide bonds. The number of carbonyl (C=O) groups excluding carboxylic acids is 2. The summed E-state index contributed by atoms with van der Waals surface area (Å²) in [6, 6.07) is 4.89. The van der Waals surface area contributed by atoms with Crippen LogP contribution in [0.15, 0.2) is 24.4 Å². The molecule has 1 N–H and O–H groups in total. The predicted molar refractivity (Wildman–Crippen MR) is 84.7 cm³/mol. The molecular formula is C14H16ClN5O3. The number of benzene rings is 1. The summed E-state index contributed by atoms with van der Waals surface area (Å²) in [5.41, 5.74) is 0.514. The van der Waals surface area contributed by atoms with Crippen LogP contribution in [0.3, 0.4) is 0 Å². The number of halogens is 1. The molecule has 2 rings (SSSR count). The molecular weight excluding hydrogens is 322 g/mol. The van der Waals surface area contributed by atoms with Gasteiger partial charge in [-0.05, 0) is 12.1 Å². The Bertz CT molecular complexity index is 729. The van der Waals surface area contributed by atoms with Crippen molar-refractivity contribution in [3.05, 3.63) is 35.1 Å². The summed E-state index contributed by atoms with van der Waals surface area (Å²) in [6.07, 6.45) is 1.40. The quantitative estimate of drug-likeness (QED) is 0.887. The van der Waals surface area contributed by atoms with Gasteiger partial charge in [-0.2, -0.15) is 0 Å². The van der Waals surface area contributed by atoms with Gasteiger partial charge >= 0.3 is 0 Å². The Labute approximate surface area is 138 Å². The first kappa shape index (κ1) is 16.8. The van der Waals surface area contributed by atoms with Crippen LogP contribution in [0.1, 0.15) is 10.5 Å². The maximum Gasteiger partial charge on any atom is 0.277 e. The number of aromatic nitrogens is 3. The number of hydrogen-bond acceptors (Lipinski definition) is 5. The van der Waals surface area contributed by atoms with E-state index in [1.54, 1.807) is 32.3 Å². The smallest absolute Gasteiger partial charge is 0.277 e. The average molecular weight is 338 g/mol. The second-order valence-corrected chi connectivity index (χ2v) is 5.30. The fourth-order valence-corrected chi connectivity index (χ4v) is 1.89. The SMILES string of the molecule is COc1ccc(NC(=O)c2cn(CC(=O)N(C)C)nn2)c(Cl)c1. The second-order valence-electron chi connectivity index (χ2n) is 4.89. The van der Waals surface area contributed by atoms with Crippen molar-refractivity contribution < 1.29 is 14.3 Å². The van der Waals surface area contributed by atoms with E-state index in [0.29, 0.717) is 16.5 Å². The molecule has 122 valence electrons. The molecule has 0 saturated carbocycles.